The van der Waals surface area contributed by atoms with E-state index in [9.17, 15) is 17.6 Å². The molecule has 0 N–H and O–H groups in total. The maximum Gasteiger partial charge on any atom is 0.307 e. The second-order valence-corrected chi connectivity index (χ2v) is 11.1. The molecule has 0 unspecified atom stereocenters. The van der Waals surface area contributed by atoms with Crippen molar-refractivity contribution in [1.82, 2.24) is 4.90 Å². The van der Waals surface area contributed by atoms with Gasteiger partial charge in [0.25, 0.3) is 0 Å². The van der Waals surface area contributed by atoms with Crippen LogP contribution in [0.25, 0.3) is 0 Å². The van der Waals surface area contributed by atoms with E-state index >= 15 is 0 Å². The summed E-state index contributed by atoms with van der Waals surface area (Å²) in [7, 11) is -3.84. The minimum Gasteiger partial charge on any atom is -0.466 e. The van der Waals surface area contributed by atoms with Crippen molar-refractivity contribution in [2.75, 3.05) is 19.7 Å². The number of sulfone groups is 1. The number of aryl methyl sites for hydroxylation is 1. The molecule has 0 saturated carbocycles. The van der Waals surface area contributed by atoms with Crippen LogP contribution in [-0.2, 0) is 25.9 Å². The summed E-state index contributed by atoms with van der Waals surface area (Å²) in [5.74, 6) is -1.01. The Morgan fingerprint density at radius 3 is 2.38 bits per heavy atom. The molecule has 29 heavy (non-hydrogen) atoms. The average molecular weight is 440 g/mol. The molecule has 1 aliphatic rings. The highest BCUT2D eigenvalue weighted by Crippen LogP contribution is 2.39. The minimum absolute atomic E-state index is 0.0468. The minimum atomic E-state index is -3.84. The Labute approximate surface area is 175 Å². The number of rotatable bonds is 7. The van der Waals surface area contributed by atoms with E-state index in [0.29, 0.717) is 25.9 Å². The van der Waals surface area contributed by atoms with E-state index in [1.54, 1.807) is 18.3 Å². The van der Waals surface area contributed by atoms with Crippen LogP contribution in [0.15, 0.2) is 41.3 Å². The van der Waals surface area contributed by atoms with Crippen LogP contribution in [0.2, 0.25) is 0 Å². The summed E-state index contributed by atoms with van der Waals surface area (Å²) in [6, 6.07) is 9.00. The molecule has 0 radical (unpaired) electrons. The molecule has 158 valence electrons. The van der Waals surface area contributed by atoms with E-state index < -0.39 is 26.4 Å². The van der Waals surface area contributed by atoms with Gasteiger partial charge < -0.3 is 4.74 Å². The van der Waals surface area contributed by atoms with Crippen molar-refractivity contribution in [3.8, 4) is 0 Å². The maximum atomic E-state index is 13.5. The van der Waals surface area contributed by atoms with E-state index in [1.165, 1.54) is 21.9 Å². The number of carbonyl (C=O) groups excluding carboxylic acids is 1. The highest BCUT2D eigenvalue weighted by molar-refractivity contribution is 7.92. The fourth-order valence-corrected chi connectivity index (χ4v) is 6.74. The van der Waals surface area contributed by atoms with Crippen molar-refractivity contribution in [3.05, 3.63) is 52.0 Å². The van der Waals surface area contributed by atoms with Gasteiger partial charge in [-0.1, -0.05) is 0 Å². The van der Waals surface area contributed by atoms with Gasteiger partial charge in [-0.15, -0.1) is 11.3 Å². The number of nitrogens with zero attached hydrogens (tertiary/aromatic N) is 1. The van der Waals surface area contributed by atoms with Crippen LogP contribution < -0.4 is 0 Å². The normalized spacial score (nSPS) is 17.2. The molecule has 0 spiro atoms. The Bertz CT molecular complexity index is 945. The Hall–Kier alpha value is -1.77. The molecule has 0 atom stereocenters. The second kappa shape index (κ2) is 8.93. The van der Waals surface area contributed by atoms with Crippen molar-refractivity contribution < 1.29 is 22.3 Å². The molecule has 2 heterocycles. The second-order valence-electron chi connectivity index (χ2n) is 7.41. The number of benzene rings is 1. The number of hydrogen-bond donors (Lipinski definition) is 0. The third-order valence-electron chi connectivity index (χ3n) is 5.41. The summed E-state index contributed by atoms with van der Waals surface area (Å²) in [6.07, 6.45) is 0.470. The zero-order chi connectivity index (χ0) is 21.1. The number of thiophene rings is 1. The topological polar surface area (TPSA) is 63.7 Å². The number of esters is 1. The van der Waals surface area contributed by atoms with Crippen LogP contribution in [0.3, 0.4) is 0 Å². The van der Waals surface area contributed by atoms with Gasteiger partial charge in [0, 0.05) is 29.4 Å². The fraction of sp³-hybridized carbons (Fsp3) is 0.476. The Kier molecular flexibility index (Phi) is 6.76. The molecule has 3 rings (SSSR count). The predicted molar refractivity (Wildman–Crippen MR) is 111 cm³/mol. The molecule has 5 nitrogen and oxygen atoms in total. The van der Waals surface area contributed by atoms with Gasteiger partial charge in [-0.25, -0.2) is 12.8 Å². The number of likely N-dealkylation sites (tertiary alicyclic amines) is 1. The van der Waals surface area contributed by atoms with E-state index in [0.717, 1.165) is 18.7 Å². The molecule has 8 heteroatoms. The van der Waals surface area contributed by atoms with Gasteiger partial charge in [0.05, 0.1) is 22.7 Å². The molecule has 0 amide bonds. The zero-order valence-electron chi connectivity index (χ0n) is 16.7. The van der Waals surface area contributed by atoms with Gasteiger partial charge in [0.2, 0.25) is 0 Å². The summed E-state index contributed by atoms with van der Waals surface area (Å²) in [6.45, 7) is 5.86. The van der Waals surface area contributed by atoms with Crippen molar-refractivity contribution >= 4 is 27.1 Å². The summed E-state index contributed by atoms with van der Waals surface area (Å²) >= 11 is 1.73. The standard InChI is InChI=1S/C21H26FNO4S2/c1-3-27-20(24)14-21(29(25,26)19-8-5-17(22)6-9-19)10-12-23(13-11-21)15-18-7-4-16(2)28-18/h4-9H,3,10-15H2,1-2H3. The van der Waals surface area contributed by atoms with Gasteiger partial charge in [-0.2, -0.15) is 0 Å². The molecule has 0 aliphatic carbocycles. The number of piperidine rings is 1. The number of ether oxygens (including phenoxy) is 1. The molecule has 2 aromatic rings. The first-order chi connectivity index (χ1) is 13.8. The highest BCUT2D eigenvalue weighted by Gasteiger charge is 2.48. The van der Waals surface area contributed by atoms with Crippen LogP contribution in [0.5, 0.6) is 0 Å². The van der Waals surface area contributed by atoms with Crippen LogP contribution in [0.4, 0.5) is 4.39 Å². The summed E-state index contributed by atoms with van der Waals surface area (Å²) in [5.41, 5.74) is 0. The number of hydrogen-bond acceptors (Lipinski definition) is 6. The van der Waals surface area contributed by atoms with E-state index in [1.807, 2.05) is 0 Å². The molecular weight excluding hydrogens is 413 g/mol. The van der Waals surface area contributed by atoms with Crippen molar-refractivity contribution in [2.24, 2.45) is 0 Å². The van der Waals surface area contributed by atoms with E-state index in [4.69, 9.17) is 4.74 Å². The van der Waals surface area contributed by atoms with Crippen LogP contribution >= 0.6 is 11.3 Å². The first-order valence-electron chi connectivity index (χ1n) is 9.69. The summed E-state index contributed by atoms with van der Waals surface area (Å²) in [4.78, 5) is 17.0. The average Bonchev–Trinajstić information content (AvgIpc) is 3.08. The first kappa shape index (κ1) is 21.9. The van der Waals surface area contributed by atoms with Crippen molar-refractivity contribution in [3.63, 3.8) is 0 Å². The molecule has 1 aliphatic heterocycles. The highest BCUT2D eigenvalue weighted by atomic mass is 32.2. The summed E-state index contributed by atoms with van der Waals surface area (Å²) < 4.78 is 44.1. The molecule has 1 saturated heterocycles. The third kappa shape index (κ3) is 4.87. The molecule has 1 aromatic heterocycles. The zero-order valence-corrected chi connectivity index (χ0v) is 18.3. The van der Waals surface area contributed by atoms with Gasteiger partial charge >= 0.3 is 5.97 Å². The lowest BCUT2D eigenvalue weighted by Gasteiger charge is -2.40. The molecule has 1 aromatic carbocycles. The maximum absolute atomic E-state index is 13.5. The van der Waals surface area contributed by atoms with E-state index in [-0.39, 0.29) is 17.9 Å². The SMILES string of the molecule is CCOC(=O)CC1(S(=O)(=O)c2ccc(F)cc2)CCN(Cc2ccc(C)s2)CC1. The smallest absolute Gasteiger partial charge is 0.307 e. The Balaban J connectivity index is 1.83. The number of carbonyl (C=O) groups is 1. The molecular formula is C21H26FNO4S2. The van der Waals surface area contributed by atoms with Crippen LogP contribution in [0, 0.1) is 12.7 Å². The van der Waals surface area contributed by atoms with Crippen molar-refractivity contribution in [1.29, 1.82) is 0 Å². The lowest BCUT2D eigenvalue weighted by Crippen LogP contribution is -2.50. The summed E-state index contributed by atoms with van der Waals surface area (Å²) in [5, 5.41) is 0. The van der Waals surface area contributed by atoms with Gasteiger partial charge in [-0.05, 0) is 63.1 Å². The molecule has 1 fully saturated rings. The largest absolute Gasteiger partial charge is 0.466 e. The fourth-order valence-electron chi connectivity index (χ4n) is 3.79. The lowest BCUT2D eigenvalue weighted by molar-refractivity contribution is -0.144. The van der Waals surface area contributed by atoms with Gasteiger partial charge in [0.1, 0.15) is 5.82 Å². The Morgan fingerprint density at radius 1 is 1.17 bits per heavy atom. The van der Waals surface area contributed by atoms with Gasteiger partial charge in [-0.3, -0.25) is 9.69 Å². The first-order valence-corrected chi connectivity index (χ1v) is 12.0. The number of halogens is 1. The van der Waals surface area contributed by atoms with E-state index in [2.05, 4.69) is 24.0 Å². The van der Waals surface area contributed by atoms with Crippen LogP contribution in [-0.4, -0.2) is 43.7 Å². The lowest BCUT2D eigenvalue weighted by atomic mass is 9.92. The molecule has 0 bridgehead atoms. The third-order valence-corrected chi connectivity index (χ3v) is 8.98. The van der Waals surface area contributed by atoms with Crippen LogP contribution in [0.1, 0.15) is 35.9 Å². The van der Waals surface area contributed by atoms with Gasteiger partial charge in [0.15, 0.2) is 9.84 Å². The van der Waals surface area contributed by atoms with Crippen molar-refractivity contribution in [2.45, 2.75) is 49.3 Å². The predicted octanol–water partition coefficient (Wildman–Crippen LogP) is 3.96. The quantitative estimate of drug-likeness (QED) is 0.483. The Morgan fingerprint density at radius 2 is 1.83 bits per heavy atom. The monoisotopic (exact) mass is 439 g/mol.